The average Bonchev–Trinajstić information content (AvgIpc) is 2.66. The smallest absolute Gasteiger partial charge is 0.318 e. The van der Waals surface area contributed by atoms with E-state index in [1.54, 1.807) is 11.1 Å². The highest BCUT2D eigenvalue weighted by molar-refractivity contribution is 5.74. The zero-order valence-electron chi connectivity index (χ0n) is 14.5. The van der Waals surface area contributed by atoms with Crippen LogP contribution in [0.2, 0.25) is 0 Å². The Morgan fingerprint density at radius 2 is 2.04 bits per heavy atom. The molecule has 0 unspecified atom stereocenters. The summed E-state index contributed by atoms with van der Waals surface area (Å²) in [5, 5.41) is 2.98. The lowest BCUT2D eigenvalue weighted by Gasteiger charge is -2.31. The number of rotatable bonds is 5. The number of nitrogens with one attached hydrogen (secondary N) is 1. The average molecular weight is 341 g/mol. The monoisotopic (exact) mass is 341 g/mol. The SMILES string of the molecule is CCN(C[C@H]1COc2ccccc2O1)C(=O)N[C@@H](C)c1ccccn1. The Morgan fingerprint density at radius 3 is 2.76 bits per heavy atom. The molecule has 0 bridgehead atoms. The van der Waals surface area contributed by atoms with Gasteiger partial charge >= 0.3 is 6.03 Å². The third-order valence-electron chi connectivity index (χ3n) is 4.13. The number of urea groups is 1. The molecule has 2 heterocycles. The van der Waals surface area contributed by atoms with Crippen molar-refractivity contribution in [3.05, 3.63) is 54.4 Å². The van der Waals surface area contributed by atoms with Gasteiger partial charge in [-0.25, -0.2) is 4.79 Å². The maximum atomic E-state index is 12.6. The van der Waals surface area contributed by atoms with Crippen molar-refractivity contribution in [2.24, 2.45) is 0 Å². The first kappa shape index (κ1) is 17.1. The van der Waals surface area contributed by atoms with E-state index in [0.717, 1.165) is 17.2 Å². The van der Waals surface area contributed by atoms with Gasteiger partial charge in [-0.15, -0.1) is 0 Å². The summed E-state index contributed by atoms with van der Waals surface area (Å²) < 4.78 is 11.7. The minimum absolute atomic E-state index is 0.136. The van der Waals surface area contributed by atoms with Crippen LogP contribution < -0.4 is 14.8 Å². The van der Waals surface area contributed by atoms with Crippen molar-refractivity contribution in [3.63, 3.8) is 0 Å². The summed E-state index contributed by atoms with van der Waals surface area (Å²) in [4.78, 5) is 18.6. The van der Waals surface area contributed by atoms with Gasteiger partial charge in [-0.1, -0.05) is 18.2 Å². The van der Waals surface area contributed by atoms with Gasteiger partial charge in [-0.05, 0) is 38.1 Å². The van der Waals surface area contributed by atoms with Crippen LogP contribution in [0.4, 0.5) is 4.79 Å². The van der Waals surface area contributed by atoms with Crippen molar-refractivity contribution in [1.29, 1.82) is 0 Å². The van der Waals surface area contributed by atoms with Gasteiger partial charge in [0.15, 0.2) is 17.6 Å². The highest BCUT2D eigenvalue weighted by Gasteiger charge is 2.25. The van der Waals surface area contributed by atoms with Crippen molar-refractivity contribution in [1.82, 2.24) is 15.2 Å². The van der Waals surface area contributed by atoms with Crippen LogP contribution in [0, 0.1) is 0 Å². The van der Waals surface area contributed by atoms with Gasteiger partial charge < -0.3 is 19.7 Å². The van der Waals surface area contributed by atoms with Crippen molar-refractivity contribution in [2.75, 3.05) is 19.7 Å². The van der Waals surface area contributed by atoms with E-state index in [-0.39, 0.29) is 18.2 Å². The largest absolute Gasteiger partial charge is 0.486 e. The van der Waals surface area contributed by atoms with Gasteiger partial charge in [-0.2, -0.15) is 0 Å². The second-order valence-electron chi connectivity index (χ2n) is 5.96. The Kier molecular flexibility index (Phi) is 5.38. The van der Waals surface area contributed by atoms with Crippen molar-refractivity contribution < 1.29 is 14.3 Å². The first-order valence-electron chi connectivity index (χ1n) is 8.52. The minimum Gasteiger partial charge on any atom is -0.486 e. The Balaban J connectivity index is 1.58. The maximum Gasteiger partial charge on any atom is 0.318 e. The van der Waals surface area contributed by atoms with Crippen LogP contribution in [0.25, 0.3) is 0 Å². The van der Waals surface area contributed by atoms with Crippen LogP contribution in [-0.2, 0) is 0 Å². The Bertz CT molecular complexity index is 708. The molecular weight excluding hydrogens is 318 g/mol. The fraction of sp³-hybridized carbons (Fsp3) is 0.368. The van der Waals surface area contributed by atoms with Gasteiger partial charge in [-0.3, -0.25) is 4.98 Å². The lowest BCUT2D eigenvalue weighted by molar-refractivity contribution is 0.0672. The summed E-state index contributed by atoms with van der Waals surface area (Å²) in [5.74, 6) is 1.46. The van der Waals surface area contributed by atoms with Gasteiger partial charge in [0, 0.05) is 12.7 Å². The van der Waals surface area contributed by atoms with Crippen LogP contribution in [0.1, 0.15) is 25.6 Å². The number of para-hydroxylation sites is 2. The number of aromatic nitrogens is 1. The van der Waals surface area contributed by atoms with Crippen LogP contribution in [0.15, 0.2) is 48.7 Å². The van der Waals surface area contributed by atoms with E-state index in [9.17, 15) is 4.79 Å². The number of hydrogen-bond acceptors (Lipinski definition) is 4. The third-order valence-corrected chi connectivity index (χ3v) is 4.13. The highest BCUT2D eigenvalue weighted by Crippen LogP contribution is 2.31. The first-order chi connectivity index (χ1) is 12.2. The van der Waals surface area contributed by atoms with E-state index >= 15 is 0 Å². The lowest BCUT2D eigenvalue weighted by atomic mass is 10.2. The molecule has 6 nitrogen and oxygen atoms in total. The fourth-order valence-corrected chi connectivity index (χ4v) is 2.74. The molecule has 0 saturated heterocycles. The predicted molar refractivity (Wildman–Crippen MR) is 94.8 cm³/mol. The molecule has 132 valence electrons. The summed E-state index contributed by atoms with van der Waals surface area (Å²) in [6, 6.07) is 12.9. The fourth-order valence-electron chi connectivity index (χ4n) is 2.74. The van der Waals surface area contributed by atoms with Gasteiger partial charge in [0.2, 0.25) is 0 Å². The third kappa shape index (κ3) is 4.21. The Hall–Kier alpha value is -2.76. The summed E-state index contributed by atoms with van der Waals surface area (Å²) in [6.07, 6.45) is 1.53. The number of carbonyl (C=O) groups is 1. The molecule has 0 spiro atoms. The summed E-state index contributed by atoms with van der Waals surface area (Å²) >= 11 is 0. The van der Waals surface area contributed by atoms with E-state index in [2.05, 4.69) is 10.3 Å². The van der Waals surface area contributed by atoms with E-state index in [0.29, 0.717) is 19.7 Å². The summed E-state index contributed by atoms with van der Waals surface area (Å²) in [5.41, 5.74) is 0.832. The van der Waals surface area contributed by atoms with Crippen LogP contribution in [0.5, 0.6) is 11.5 Å². The molecule has 1 aliphatic rings. The van der Waals surface area contributed by atoms with Crippen LogP contribution >= 0.6 is 0 Å². The Labute approximate surface area is 147 Å². The topological polar surface area (TPSA) is 63.7 Å². The number of ether oxygens (including phenoxy) is 2. The molecule has 2 amide bonds. The molecule has 0 radical (unpaired) electrons. The number of hydrogen-bond donors (Lipinski definition) is 1. The number of fused-ring (bicyclic) bond motifs is 1. The predicted octanol–water partition coefficient (Wildman–Crippen LogP) is 3.01. The summed E-state index contributed by atoms with van der Waals surface area (Å²) in [6.45, 7) is 5.34. The maximum absolute atomic E-state index is 12.6. The standard InChI is InChI=1S/C19H23N3O3/c1-3-22(19(23)21-14(2)16-8-6-7-11-20-16)12-15-13-24-17-9-4-5-10-18(17)25-15/h4-11,14-15H,3,12-13H2,1-2H3,(H,21,23)/t14-,15-/m0/s1. The molecule has 0 saturated carbocycles. The van der Waals surface area contributed by atoms with Gasteiger partial charge in [0.1, 0.15) is 6.61 Å². The molecule has 25 heavy (non-hydrogen) atoms. The van der Waals surface area contributed by atoms with Crippen LogP contribution in [0.3, 0.4) is 0 Å². The highest BCUT2D eigenvalue weighted by atomic mass is 16.6. The number of amides is 2. The summed E-state index contributed by atoms with van der Waals surface area (Å²) in [7, 11) is 0. The van der Waals surface area contributed by atoms with E-state index in [4.69, 9.17) is 9.47 Å². The molecule has 1 aromatic carbocycles. The molecule has 0 fully saturated rings. The number of nitrogens with zero attached hydrogens (tertiary/aromatic N) is 2. The van der Waals surface area contributed by atoms with Crippen molar-refractivity contribution >= 4 is 6.03 Å². The molecule has 1 N–H and O–H groups in total. The zero-order valence-corrected chi connectivity index (χ0v) is 14.5. The number of carbonyl (C=O) groups excluding carboxylic acids is 1. The van der Waals surface area contributed by atoms with Gasteiger partial charge in [0.05, 0.1) is 18.3 Å². The van der Waals surface area contributed by atoms with E-state index in [1.165, 1.54) is 0 Å². The first-order valence-corrected chi connectivity index (χ1v) is 8.52. The zero-order chi connectivity index (χ0) is 17.6. The van der Waals surface area contributed by atoms with Crippen molar-refractivity contribution in [3.8, 4) is 11.5 Å². The second kappa shape index (κ2) is 7.88. The molecule has 2 aromatic rings. The van der Waals surface area contributed by atoms with Gasteiger partial charge in [0.25, 0.3) is 0 Å². The molecule has 2 atom stereocenters. The second-order valence-corrected chi connectivity index (χ2v) is 5.96. The molecular formula is C19H23N3O3. The van der Waals surface area contributed by atoms with E-state index < -0.39 is 0 Å². The lowest BCUT2D eigenvalue weighted by Crippen LogP contribution is -2.47. The minimum atomic E-state index is -0.189. The molecule has 1 aliphatic heterocycles. The quantitative estimate of drug-likeness (QED) is 0.908. The normalized spacial score (nSPS) is 16.8. The Morgan fingerprint density at radius 1 is 1.28 bits per heavy atom. The molecule has 6 heteroatoms. The van der Waals surface area contributed by atoms with Crippen LogP contribution in [-0.4, -0.2) is 41.7 Å². The van der Waals surface area contributed by atoms with Crippen molar-refractivity contribution in [2.45, 2.75) is 26.0 Å². The molecule has 3 rings (SSSR count). The molecule has 1 aromatic heterocycles. The number of likely N-dealkylation sites (N-methyl/N-ethyl adjacent to an activating group) is 1. The molecule has 0 aliphatic carbocycles. The number of benzene rings is 1. The number of pyridine rings is 1. The van der Waals surface area contributed by atoms with E-state index in [1.807, 2.05) is 56.3 Å².